The highest BCUT2D eigenvalue weighted by Gasteiger charge is 2.54. The van der Waals surface area contributed by atoms with Crippen molar-refractivity contribution >= 4 is 35.8 Å². The number of aliphatic hydroxyl groups excluding tert-OH is 1. The number of halogens is 1. The maximum Gasteiger partial charge on any atom is 0.303 e. The van der Waals surface area contributed by atoms with Gasteiger partial charge in [0.1, 0.15) is 18.8 Å². The van der Waals surface area contributed by atoms with Crippen LogP contribution in [0, 0.1) is 0 Å². The van der Waals surface area contributed by atoms with Crippen LogP contribution in [0.5, 0.6) is 0 Å². The predicted molar refractivity (Wildman–Crippen MR) is 125 cm³/mol. The molecule has 0 saturated carbocycles. The van der Waals surface area contributed by atoms with E-state index in [0.717, 1.165) is 41.5 Å². The second-order valence-electron chi connectivity index (χ2n) is 9.06. The van der Waals surface area contributed by atoms with Gasteiger partial charge in [-0.2, -0.15) is 0 Å². The van der Waals surface area contributed by atoms with Crippen molar-refractivity contribution in [3.8, 4) is 0 Å². The molecular formula is C24H33FO16. The molecule has 2 rings (SSSR count). The van der Waals surface area contributed by atoms with Crippen molar-refractivity contribution in [1.82, 2.24) is 0 Å². The molecule has 2 heterocycles. The highest BCUT2D eigenvalue weighted by atomic mass is 19.1. The highest BCUT2D eigenvalue weighted by Crippen LogP contribution is 2.32. The average Bonchev–Trinajstić information content (AvgIpc) is 2.83. The Morgan fingerprint density at radius 2 is 1.05 bits per heavy atom. The lowest BCUT2D eigenvalue weighted by molar-refractivity contribution is -0.325. The maximum absolute atomic E-state index is 15.5. The van der Waals surface area contributed by atoms with Crippen LogP contribution in [0.1, 0.15) is 41.5 Å². The smallest absolute Gasteiger partial charge is 0.303 e. The Hall–Kier alpha value is -3.41. The normalized spacial score (nSPS) is 33.1. The Kier molecular flexibility index (Phi) is 12.4. The lowest BCUT2D eigenvalue weighted by Crippen LogP contribution is -2.64. The number of esters is 6. The van der Waals surface area contributed by atoms with Gasteiger partial charge in [-0.1, -0.05) is 0 Å². The van der Waals surface area contributed by atoms with Crippen LogP contribution >= 0.6 is 0 Å². The van der Waals surface area contributed by atoms with E-state index in [0.29, 0.717) is 0 Å². The molecule has 0 aromatic heterocycles. The van der Waals surface area contributed by atoms with E-state index in [1.807, 2.05) is 0 Å². The zero-order valence-electron chi connectivity index (χ0n) is 23.1. The van der Waals surface area contributed by atoms with Crippen molar-refractivity contribution in [3.63, 3.8) is 0 Å². The van der Waals surface area contributed by atoms with Gasteiger partial charge in [-0.25, -0.2) is 4.39 Å². The van der Waals surface area contributed by atoms with Crippen molar-refractivity contribution < 1.29 is 80.9 Å². The van der Waals surface area contributed by atoms with Gasteiger partial charge >= 0.3 is 35.8 Å². The van der Waals surface area contributed by atoms with E-state index in [-0.39, 0.29) is 0 Å². The molecule has 2 aliphatic rings. The fourth-order valence-electron chi connectivity index (χ4n) is 4.17. The van der Waals surface area contributed by atoms with Crippen LogP contribution in [-0.4, -0.2) is 116 Å². The molecule has 10 atom stereocenters. The minimum Gasteiger partial charge on any atom is -0.463 e. The van der Waals surface area contributed by atoms with E-state index in [1.165, 1.54) is 0 Å². The van der Waals surface area contributed by atoms with Gasteiger partial charge in [0.25, 0.3) is 0 Å². The molecule has 17 heteroatoms. The van der Waals surface area contributed by atoms with Gasteiger partial charge in [0.2, 0.25) is 0 Å². The van der Waals surface area contributed by atoms with Gasteiger partial charge in [0.05, 0.1) is 6.61 Å². The maximum atomic E-state index is 15.5. The molecule has 0 bridgehead atoms. The third kappa shape index (κ3) is 9.87. The zero-order chi connectivity index (χ0) is 31.0. The number of alkyl halides is 1. The van der Waals surface area contributed by atoms with E-state index in [1.54, 1.807) is 0 Å². The van der Waals surface area contributed by atoms with Crippen LogP contribution in [0.2, 0.25) is 0 Å². The number of aliphatic hydroxyl groups is 1. The minimum atomic E-state index is -2.21. The summed E-state index contributed by atoms with van der Waals surface area (Å²) in [4.78, 5) is 70.1. The Labute approximate surface area is 233 Å². The minimum absolute atomic E-state index is 0.527. The first kappa shape index (κ1) is 33.8. The van der Waals surface area contributed by atoms with Crippen molar-refractivity contribution in [2.24, 2.45) is 0 Å². The van der Waals surface area contributed by atoms with Crippen LogP contribution < -0.4 is 0 Å². The lowest BCUT2D eigenvalue weighted by atomic mass is 9.97. The number of carbonyl (C=O) groups is 6. The summed E-state index contributed by atoms with van der Waals surface area (Å²) in [5, 5.41) is 10.4. The molecule has 232 valence electrons. The van der Waals surface area contributed by atoms with Crippen LogP contribution in [-0.2, 0) is 71.4 Å². The second kappa shape index (κ2) is 15.0. The summed E-state index contributed by atoms with van der Waals surface area (Å²) in [5.41, 5.74) is 0. The molecule has 2 saturated heterocycles. The first-order chi connectivity index (χ1) is 19.1. The van der Waals surface area contributed by atoms with Gasteiger partial charge in [0, 0.05) is 41.5 Å². The average molecular weight is 597 g/mol. The standard InChI is InChI=1S/C24H33FO16/c1-9(26)33-8-16-18(35-10(2)27)20(37-12(4)29)22(39-14(6)31)24(41-16)34-7-15-17(25)19(36-11(3)28)21(23(32)40-15)38-13(5)30/h15-24,32H,7-8H2,1-6H3/t15-,16-,17+,18+,19+,20+,21-,22-,23-,24-/m1/s1. The van der Waals surface area contributed by atoms with Crippen molar-refractivity contribution in [2.75, 3.05) is 13.2 Å². The molecule has 1 N–H and O–H groups in total. The molecule has 16 nitrogen and oxygen atoms in total. The number of carbonyl (C=O) groups excluding carboxylic acids is 6. The lowest BCUT2D eigenvalue weighted by Gasteiger charge is -2.45. The van der Waals surface area contributed by atoms with E-state index in [9.17, 15) is 33.9 Å². The summed E-state index contributed by atoms with van der Waals surface area (Å²) in [6.07, 6.45) is -16.9. The van der Waals surface area contributed by atoms with Gasteiger partial charge in [-0.05, 0) is 0 Å². The van der Waals surface area contributed by atoms with Gasteiger partial charge in [0.15, 0.2) is 49.3 Å². The fourth-order valence-corrected chi connectivity index (χ4v) is 4.17. The molecule has 0 unspecified atom stereocenters. The topological polar surface area (TPSA) is 206 Å². The molecule has 2 fully saturated rings. The third-order valence-electron chi connectivity index (χ3n) is 5.57. The number of hydrogen-bond acceptors (Lipinski definition) is 16. The molecule has 0 radical (unpaired) electrons. The molecule has 0 aromatic carbocycles. The van der Waals surface area contributed by atoms with Crippen molar-refractivity contribution in [3.05, 3.63) is 0 Å². The first-order valence-corrected chi connectivity index (χ1v) is 12.3. The summed E-state index contributed by atoms with van der Waals surface area (Å²) >= 11 is 0. The van der Waals surface area contributed by atoms with E-state index in [4.69, 9.17) is 42.6 Å². The summed E-state index contributed by atoms with van der Waals surface area (Å²) in [6, 6.07) is 0. The molecule has 0 spiro atoms. The molecular weight excluding hydrogens is 563 g/mol. The van der Waals surface area contributed by atoms with E-state index in [2.05, 4.69) is 0 Å². The predicted octanol–water partition coefficient (Wildman–Crippen LogP) is -0.995. The first-order valence-electron chi connectivity index (χ1n) is 12.3. The van der Waals surface area contributed by atoms with E-state index >= 15 is 4.39 Å². The van der Waals surface area contributed by atoms with Crippen molar-refractivity contribution in [2.45, 2.75) is 103 Å². The Bertz CT molecular complexity index is 987. The number of ether oxygens (including phenoxy) is 9. The highest BCUT2D eigenvalue weighted by molar-refractivity contribution is 5.69. The number of rotatable bonds is 10. The molecule has 2 aliphatic heterocycles. The van der Waals surface area contributed by atoms with Crippen LogP contribution in [0.3, 0.4) is 0 Å². The van der Waals surface area contributed by atoms with Gasteiger partial charge in [-0.15, -0.1) is 0 Å². The monoisotopic (exact) mass is 596 g/mol. The third-order valence-corrected chi connectivity index (χ3v) is 5.57. The quantitative estimate of drug-likeness (QED) is 0.237. The second-order valence-corrected chi connectivity index (χ2v) is 9.06. The van der Waals surface area contributed by atoms with Crippen LogP contribution in [0.25, 0.3) is 0 Å². The van der Waals surface area contributed by atoms with Crippen molar-refractivity contribution in [1.29, 1.82) is 0 Å². The molecule has 41 heavy (non-hydrogen) atoms. The summed E-state index contributed by atoms with van der Waals surface area (Å²) in [6.45, 7) is 4.88. The fraction of sp³-hybridized carbons (Fsp3) is 0.750. The van der Waals surface area contributed by atoms with Gasteiger partial charge < -0.3 is 47.7 Å². The van der Waals surface area contributed by atoms with Gasteiger partial charge in [-0.3, -0.25) is 28.8 Å². The summed E-state index contributed by atoms with van der Waals surface area (Å²) in [7, 11) is 0. The largest absolute Gasteiger partial charge is 0.463 e. The Balaban J connectivity index is 2.37. The zero-order valence-corrected chi connectivity index (χ0v) is 23.1. The molecule has 0 amide bonds. The van der Waals surface area contributed by atoms with E-state index < -0.39 is 111 Å². The molecule has 0 aromatic rings. The van der Waals surface area contributed by atoms with Crippen LogP contribution in [0.4, 0.5) is 4.39 Å². The summed E-state index contributed by atoms with van der Waals surface area (Å²) in [5.74, 6) is -5.19. The SMILES string of the molecule is CC(=O)OC[C@H]1O[C@@H](OC[C@H]2O[C@@H](O)[C@H](OC(C)=O)[C@@H](OC(C)=O)[C@H]2F)[C@H](OC(C)=O)[C@@H](OC(C)=O)[C@H]1OC(C)=O. The summed E-state index contributed by atoms with van der Waals surface area (Å²) < 4.78 is 62.6. The molecule has 0 aliphatic carbocycles. The Morgan fingerprint density at radius 1 is 0.585 bits per heavy atom. The van der Waals surface area contributed by atoms with Crippen LogP contribution in [0.15, 0.2) is 0 Å². The number of hydrogen-bond donors (Lipinski definition) is 1. The Morgan fingerprint density at radius 3 is 1.56 bits per heavy atom.